The summed E-state index contributed by atoms with van der Waals surface area (Å²) in [5.74, 6) is 1.99. The first-order chi connectivity index (χ1) is 14.5. The molecule has 3 aromatic rings. The fraction of sp³-hybridized carbons (Fsp3) is 0.286. The van der Waals surface area contributed by atoms with Gasteiger partial charge in [0, 0.05) is 12.1 Å². The molecule has 1 unspecified atom stereocenters. The summed E-state index contributed by atoms with van der Waals surface area (Å²) >= 11 is 7.30. The van der Waals surface area contributed by atoms with E-state index in [1.165, 1.54) is 11.8 Å². The molecule has 9 heteroatoms. The Kier molecular flexibility index (Phi) is 7.59. The molecule has 7 nitrogen and oxygen atoms in total. The van der Waals surface area contributed by atoms with Gasteiger partial charge < -0.3 is 19.4 Å². The normalized spacial score (nSPS) is 11.7. The van der Waals surface area contributed by atoms with Crippen LogP contribution in [-0.4, -0.2) is 33.0 Å². The van der Waals surface area contributed by atoms with Crippen LogP contribution >= 0.6 is 23.4 Å². The van der Waals surface area contributed by atoms with Crippen LogP contribution in [0.4, 0.5) is 5.69 Å². The lowest BCUT2D eigenvalue weighted by Crippen LogP contribution is -2.15. The van der Waals surface area contributed by atoms with Gasteiger partial charge in [-0.15, -0.1) is 10.2 Å². The predicted octanol–water partition coefficient (Wildman–Crippen LogP) is 4.74. The van der Waals surface area contributed by atoms with Gasteiger partial charge in [0.1, 0.15) is 11.5 Å². The Morgan fingerprint density at radius 1 is 1.23 bits per heavy atom. The molecule has 1 amide bonds. The molecular weight excluding hydrogens is 424 g/mol. The molecule has 0 aliphatic rings. The number of rotatable bonds is 9. The molecule has 2 aromatic carbocycles. The minimum Gasteiger partial charge on any atom is -0.492 e. The van der Waals surface area contributed by atoms with Gasteiger partial charge in [-0.2, -0.15) is 0 Å². The fourth-order valence-electron chi connectivity index (χ4n) is 2.77. The number of carbonyl (C=O) groups is 1. The summed E-state index contributed by atoms with van der Waals surface area (Å²) in [6.45, 7) is 4.31. The number of halogens is 1. The third-order valence-electron chi connectivity index (χ3n) is 4.13. The van der Waals surface area contributed by atoms with Crippen LogP contribution in [0.2, 0.25) is 5.02 Å². The molecule has 3 rings (SSSR count). The average molecular weight is 447 g/mol. The van der Waals surface area contributed by atoms with Gasteiger partial charge in [-0.1, -0.05) is 41.6 Å². The van der Waals surface area contributed by atoms with Crippen molar-refractivity contribution in [1.29, 1.82) is 0 Å². The van der Waals surface area contributed by atoms with Gasteiger partial charge in [-0.05, 0) is 44.2 Å². The van der Waals surface area contributed by atoms with Gasteiger partial charge in [0.25, 0.3) is 0 Å². The summed E-state index contributed by atoms with van der Waals surface area (Å²) in [7, 11) is 1.85. The molecule has 0 saturated carbocycles. The van der Waals surface area contributed by atoms with Crippen LogP contribution in [0.25, 0.3) is 0 Å². The maximum Gasteiger partial charge on any atom is 0.234 e. The van der Waals surface area contributed by atoms with Crippen LogP contribution in [0, 0.1) is 0 Å². The predicted molar refractivity (Wildman–Crippen MR) is 118 cm³/mol. The number of hydrogen-bond donors (Lipinski definition) is 1. The van der Waals surface area contributed by atoms with E-state index in [-0.39, 0.29) is 17.8 Å². The largest absolute Gasteiger partial charge is 0.492 e. The summed E-state index contributed by atoms with van der Waals surface area (Å²) in [5, 5.41) is 12.5. The van der Waals surface area contributed by atoms with E-state index in [1.807, 2.05) is 61.9 Å². The van der Waals surface area contributed by atoms with Crippen molar-refractivity contribution in [2.45, 2.75) is 25.1 Å². The van der Waals surface area contributed by atoms with Gasteiger partial charge in [0.15, 0.2) is 17.1 Å². The van der Waals surface area contributed by atoms with Crippen molar-refractivity contribution in [1.82, 2.24) is 14.8 Å². The molecule has 30 heavy (non-hydrogen) atoms. The van der Waals surface area contributed by atoms with E-state index < -0.39 is 0 Å². The van der Waals surface area contributed by atoms with Crippen molar-refractivity contribution in [3.05, 3.63) is 59.4 Å². The standard InChI is InChI=1S/C21H23ClN4O3S/c1-4-28-18-11-6-5-10-17(18)23-19(27)13-30-21-25-24-20(26(21)3)14(2)29-16-9-7-8-15(22)12-16/h5-12,14H,4,13H2,1-3H3,(H,23,27). The van der Waals surface area contributed by atoms with Gasteiger partial charge in [0.2, 0.25) is 5.91 Å². The highest BCUT2D eigenvalue weighted by molar-refractivity contribution is 7.99. The van der Waals surface area contributed by atoms with Crippen molar-refractivity contribution < 1.29 is 14.3 Å². The lowest BCUT2D eigenvalue weighted by atomic mass is 10.3. The number of benzene rings is 2. The molecule has 0 spiro atoms. The molecule has 1 heterocycles. The van der Waals surface area contributed by atoms with Crippen LogP contribution in [0.5, 0.6) is 11.5 Å². The maximum absolute atomic E-state index is 12.4. The Bertz CT molecular complexity index is 1010. The number of thioether (sulfide) groups is 1. The van der Waals surface area contributed by atoms with Crippen LogP contribution in [0.3, 0.4) is 0 Å². The number of amides is 1. The number of hydrogen-bond acceptors (Lipinski definition) is 6. The molecule has 0 aliphatic heterocycles. The zero-order chi connectivity index (χ0) is 21.5. The van der Waals surface area contributed by atoms with E-state index in [4.69, 9.17) is 21.1 Å². The van der Waals surface area contributed by atoms with Crippen LogP contribution in [0.15, 0.2) is 53.7 Å². The van der Waals surface area contributed by atoms with Crippen LogP contribution in [-0.2, 0) is 11.8 Å². The zero-order valence-corrected chi connectivity index (χ0v) is 18.5. The van der Waals surface area contributed by atoms with E-state index >= 15 is 0 Å². The minimum atomic E-state index is -0.331. The molecule has 0 radical (unpaired) electrons. The maximum atomic E-state index is 12.4. The lowest BCUT2D eigenvalue weighted by molar-refractivity contribution is -0.113. The van der Waals surface area contributed by atoms with E-state index in [0.29, 0.717) is 39.8 Å². The quantitative estimate of drug-likeness (QED) is 0.478. The second-order valence-corrected chi connectivity index (χ2v) is 7.76. The Morgan fingerprint density at radius 3 is 2.80 bits per heavy atom. The molecule has 0 saturated heterocycles. The van der Waals surface area contributed by atoms with E-state index in [1.54, 1.807) is 12.1 Å². The van der Waals surface area contributed by atoms with E-state index in [2.05, 4.69) is 15.5 Å². The summed E-state index contributed by atoms with van der Waals surface area (Å²) in [6.07, 6.45) is -0.331. The highest BCUT2D eigenvalue weighted by Crippen LogP contribution is 2.26. The number of nitrogens with zero attached hydrogens (tertiary/aromatic N) is 3. The lowest BCUT2D eigenvalue weighted by Gasteiger charge is -2.14. The molecule has 1 aromatic heterocycles. The number of ether oxygens (including phenoxy) is 2. The molecule has 1 atom stereocenters. The SMILES string of the molecule is CCOc1ccccc1NC(=O)CSc1nnc(C(C)Oc2cccc(Cl)c2)n1C. The zero-order valence-electron chi connectivity index (χ0n) is 17.0. The molecule has 158 valence electrons. The summed E-state index contributed by atoms with van der Waals surface area (Å²) in [6, 6.07) is 14.5. The number of anilines is 1. The number of aromatic nitrogens is 3. The average Bonchev–Trinajstić information content (AvgIpc) is 3.09. The third kappa shape index (κ3) is 5.67. The van der Waals surface area contributed by atoms with Crippen LogP contribution in [0.1, 0.15) is 25.8 Å². The van der Waals surface area contributed by atoms with Crippen molar-refractivity contribution in [3.8, 4) is 11.5 Å². The van der Waals surface area contributed by atoms with E-state index in [9.17, 15) is 4.79 Å². The highest BCUT2D eigenvalue weighted by atomic mass is 35.5. The number of carbonyl (C=O) groups excluding carboxylic acids is 1. The minimum absolute atomic E-state index is 0.153. The second-order valence-electron chi connectivity index (χ2n) is 6.38. The van der Waals surface area contributed by atoms with Gasteiger partial charge in [-0.25, -0.2) is 0 Å². The first-order valence-electron chi connectivity index (χ1n) is 9.44. The Morgan fingerprint density at radius 2 is 2.03 bits per heavy atom. The smallest absolute Gasteiger partial charge is 0.234 e. The molecule has 0 fully saturated rings. The van der Waals surface area contributed by atoms with Crippen molar-refractivity contribution in [2.75, 3.05) is 17.7 Å². The van der Waals surface area contributed by atoms with E-state index in [0.717, 1.165) is 0 Å². The Balaban J connectivity index is 1.59. The molecule has 0 aliphatic carbocycles. The molecular formula is C21H23ClN4O3S. The fourth-order valence-corrected chi connectivity index (χ4v) is 3.67. The van der Waals surface area contributed by atoms with Gasteiger partial charge in [-0.3, -0.25) is 4.79 Å². The number of nitrogens with one attached hydrogen (secondary N) is 1. The van der Waals surface area contributed by atoms with Gasteiger partial charge in [0.05, 0.1) is 18.0 Å². The first-order valence-corrected chi connectivity index (χ1v) is 10.8. The molecule has 1 N–H and O–H groups in total. The second kappa shape index (κ2) is 10.4. The first kappa shape index (κ1) is 22.0. The summed E-state index contributed by atoms with van der Waals surface area (Å²) in [4.78, 5) is 12.4. The Labute approximate surface area is 184 Å². The highest BCUT2D eigenvalue weighted by Gasteiger charge is 2.18. The van der Waals surface area contributed by atoms with Crippen molar-refractivity contribution in [2.24, 2.45) is 7.05 Å². The summed E-state index contributed by atoms with van der Waals surface area (Å²) in [5.41, 5.74) is 0.646. The van der Waals surface area contributed by atoms with Crippen molar-refractivity contribution >= 4 is 35.0 Å². The summed E-state index contributed by atoms with van der Waals surface area (Å²) < 4.78 is 13.3. The van der Waals surface area contributed by atoms with Crippen LogP contribution < -0.4 is 14.8 Å². The van der Waals surface area contributed by atoms with Gasteiger partial charge >= 0.3 is 0 Å². The Hall–Kier alpha value is -2.71. The monoisotopic (exact) mass is 446 g/mol. The molecule has 0 bridgehead atoms. The van der Waals surface area contributed by atoms with Crippen molar-refractivity contribution in [3.63, 3.8) is 0 Å². The number of para-hydroxylation sites is 2. The topological polar surface area (TPSA) is 78.3 Å². The third-order valence-corrected chi connectivity index (χ3v) is 5.39.